The predicted molar refractivity (Wildman–Crippen MR) is 85.1 cm³/mol. The summed E-state index contributed by atoms with van der Waals surface area (Å²) in [7, 11) is 0. The second kappa shape index (κ2) is 6.59. The van der Waals surface area contributed by atoms with E-state index in [1.165, 1.54) is 17.7 Å². The van der Waals surface area contributed by atoms with Crippen molar-refractivity contribution in [3.8, 4) is 0 Å². The van der Waals surface area contributed by atoms with Crippen LogP contribution in [0, 0.1) is 5.92 Å². The number of para-hydroxylation sites is 1. The first-order valence-electron chi connectivity index (χ1n) is 7.68. The monoisotopic (exact) mass is 276 g/mol. The van der Waals surface area contributed by atoms with Gasteiger partial charge in [0.05, 0.1) is 0 Å². The van der Waals surface area contributed by atoms with Crippen LogP contribution in [0.15, 0.2) is 24.3 Å². The Morgan fingerprint density at radius 1 is 1.30 bits per heavy atom. The molecule has 0 radical (unpaired) electrons. The molecule has 1 heterocycles. The molecule has 1 unspecified atom stereocenters. The van der Waals surface area contributed by atoms with E-state index in [0.717, 1.165) is 26.1 Å². The Bertz CT molecular complexity index is 425. The fourth-order valence-corrected chi connectivity index (χ4v) is 2.76. The molecule has 0 spiro atoms. The quantitative estimate of drug-likeness (QED) is 0.887. The number of hydrogen-bond acceptors (Lipinski definition) is 3. The first-order valence-corrected chi connectivity index (χ1v) is 7.68. The Kier molecular flexibility index (Phi) is 5.06. The minimum absolute atomic E-state index is 0.128. The molecule has 0 bridgehead atoms. The van der Waals surface area contributed by atoms with E-state index in [9.17, 15) is 5.11 Å². The number of aliphatic hydroxyl groups excluding tert-OH is 1. The number of rotatable bonds is 4. The van der Waals surface area contributed by atoms with Crippen molar-refractivity contribution in [2.75, 3.05) is 24.6 Å². The zero-order valence-electron chi connectivity index (χ0n) is 13.0. The molecule has 0 amide bonds. The summed E-state index contributed by atoms with van der Waals surface area (Å²) in [5.74, 6) is 0.424. The van der Waals surface area contributed by atoms with Gasteiger partial charge in [0.1, 0.15) is 0 Å². The molecule has 0 aromatic heterocycles. The van der Waals surface area contributed by atoms with Gasteiger partial charge in [0.2, 0.25) is 0 Å². The van der Waals surface area contributed by atoms with Crippen molar-refractivity contribution in [1.29, 1.82) is 0 Å². The average molecular weight is 276 g/mol. The molecule has 112 valence electrons. The van der Waals surface area contributed by atoms with Gasteiger partial charge in [-0.15, -0.1) is 0 Å². The van der Waals surface area contributed by atoms with Gasteiger partial charge in [-0.2, -0.15) is 0 Å². The van der Waals surface area contributed by atoms with Gasteiger partial charge in [-0.1, -0.05) is 18.2 Å². The number of anilines is 1. The van der Waals surface area contributed by atoms with Crippen molar-refractivity contribution in [3.63, 3.8) is 0 Å². The van der Waals surface area contributed by atoms with Crippen molar-refractivity contribution < 1.29 is 5.11 Å². The van der Waals surface area contributed by atoms with E-state index in [-0.39, 0.29) is 5.54 Å². The average Bonchev–Trinajstić information content (AvgIpc) is 2.45. The Morgan fingerprint density at radius 3 is 2.75 bits per heavy atom. The second-order valence-corrected chi connectivity index (χ2v) is 6.87. The lowest BCUT2D eigenvalue weighted by Gasteiger charge is -2.35. The van der Waals surface area contributed by atoms with E-state index < -0.39 is 0 Å². The maximum atomic E-state index is 9.40. The molecule has 2 rings (SSSR count). The molecule has 1 saturated heterocycles. The van der Waals surface area contributed by atoms with Crippen LogP contribution in [0.1, 0.15) is 39.2 Å². The topological polar surface area (TPSA) is 35.5 Å². The highest BCUT2D eigenvalue weighted by molar-refractivity contribution is 5.54. The van der Waals surface area contributed by atoms with Gasteiger partial charge in [0.15, 0.2) is 0 Å². The summed E-state index contributed by atoms with van der Waals surface area (Å²) >= 11 is 0. The molecule has 1 fully saturated rings. The van der Waals surface area contributed by atoms with E-state index in [0.29, 0.717) is 12.5 Å². The van der Waals surface area contributed by atoms with Gasteiger partial charge in [0, 0.05) is 37.5 Å². The Balaban J connectivity index is 2.10. The molecule has 1 aromatic rings. The molecule has 0 aliphatic carbocycles. The summed E-state index contributed by atoms with van der Waals surface area (Å²) in [5.41, 5.74) is 2.80. The van der Waals surface area contributed by atoms with Crippen LogP contribution in [-0.2, 0) is 6.54 Å². The van der Waals surface area contributed by atoms with Crippen LogP contribution < -0.4 is 10.2 Å². The van der Waals surface area contributed by atoms with Gasteiger partial charge in [-0.25, -0.2) is 0 Å². The fourth-order valence-electron chi connectivity index (χ4n) is 2.76. The lowest BCUT2D eigenvalue weighted by molar-refractivity contribution is 0.208. The van der Waals surface area contributed by atoms with Gasteiger partial charge < -0.3 is 15.3 Å². The third-order valence-electron chi connectivity index (χ3n) is 3.92. The number of nitrogens with zero attached hydrogens (tertiary/aromatic N) is 1. The van der Waals surface area contributed by atoms with Gasteiger partial charge >= 0.3 is 0 Å². The van der Waals surface area contributed by atoms with Crippen LogP contribution in [0.2, 0.25) is 0 Å². The maximum absolute atomic E-state index is 9.40. The van der Waals surface area contributed by atoms with Crippen molar-refractivity contribution in [2.24, 2.45) is 5.92 Å². The molecule has 1 aliphatic rings. The molecule has 3 nitrogen and oxygen atoms in total. The molecule has 2 N–H and O–H groups in total. The maximum Gasteiger partial charge on any atom is 0.0476 e. The van der Waals surface area contributed by atoms with Crippen LogP contribution in [-0.4, -0.2) is 30.3 Å². The van der Waals surface area contributed by atoms with E-state index in [1.807, 2.05) is 0 Å². The highest BCUT2D eigenvalue weighted by Gasteiger charge is 2.21. The largest absolute Gasteiger partial charge is 0.396 e. The summed E-state index contributed by atoms with van der Waals surface area (Å²) in [5, 5.41) is 13.0. The van der Waals surface area contributed by atoms with Crippen molar-refractivity contribution in [2.45, 2.75) is 45.7 Å². The lowest BCUT2D eigenvalue weighted by Crippen LogP contribution is -2.39. The minimum atomic E-state index is 0.128. The van der Waals surface area contributed by atoms with E-state index in [1.54, 1.807) is 0 Å². The first kappa shape index (κ1) is 15.3. The lowest BCUT2D eigenvalue weighted by atomic mass is 9.97. The minimum Gasteiger partial charge on any atom is -0.396 e. The molecule has 3 heteroatoms. The summed E-state index contributed by atoms with van der Waals surface area (Å²) in [6, 6.07) is 8.63. The first-order chi connectivity index (χ1) is 9.49. The third-order valence-corrected chi connectivity index (χ3v) is 3.92. The van der Waals surface area contributed by atoms with Crippen LogP contribution in [0.4, 0.5) is 5.69 Å². The van der Waals surface area contributed by atoms with Crippen molar-refractivity contribution in [1.82, 2.24) is 5.32 Å². The van der Waals surface area contributed by atoms with E-state index in [4.69, 9.17) is 0 Å². The summed E-state index contributed by atoms with van der Waals surface area (Å²) in [4.78, 5) is 2.43. The SMILES string of the molecule is CC(C)(C)NCc1ccccc1N1CCCC(CO)C1. The zero-order valence-corrected chi connectivity index (χ0v) is 13.0. The second-order valence-electron chi connectivity index (χ2n) is 6.87. The molecule has 20 heavy (non-hydrogen) atoms. The van der Waals surface area contributed by atoms with E-state index in [2.05, 4.69) is 55.3 Å². The molecule has 1 aromatic carbocycles. The smallest absolute Gasteiger partial charge is 0.0476 e. The zero-order chi connectivity index (χ0) is 14.6. The summed E-state index contributed by atoms with van der Waals surface area (Å²) in [6.07, 6.45) is 2.32. The molecule has 0 saturated carbocycles. The van der Waals surface area contributed by atoms with Gasteiger partial charge in [-0.05, 0) is 51.2 Å². The van der Waals surface area contributed by atoms with Crippen molar-refractivity contribution in [3.05, 3.63) is 29.8 Å². The molecule has 1 atom stereocenters. The molecular formula is C17H28N2O. The third kappa shape index (κ3) is 4.22. The van der Waals surface area contributed by atoms with E-state index >= 15 is 0 Å². The Labute approximate surface area is 123 Å². The fraction of sp³-hybridized carbons (Fsp3) is 0.647. The normalized spacial score (nSPS) is 20.2. The highest BCUT2D eigenvalue weighted by atomic mass is 16.3. The summed E-state index contributed by atoms with van der Waals surface area (Å²) in [6.45, 7) is 9.85. The van der Waals surface area contributed by atoms with Crippen LogP contribution >= 0.6 is 0 Å². The number of aliphatic hydroxyl groups is 1. The number of hydrogen-bond donors (Lipinski definition) is 2. The molecular weight excluding hydrogens is 248 g/mol. The van der Waals surface area contributed by atoms with Crippen LogP contribution in [0.3, 0.4) is 0 Å². The van der Waals surface area contributed by atoms with Crippen LogP contribution in [0.25, 0.3) is 0 Å². The van der Waals surface area contributed by atoms with Crippen molar-refractivity contribution >= 4 is 5.69 Å². The Morgan fingerprint density at radius 2 is 2.05 bits per heavy atom. The molecule has 1 aliphatic heterocycles. The predicted octanol–water partition coefficient (Wildman–Crippen LogP) is 2.78. The summed E-state index contributed by atoms with van der Waals surface area (Å²) < 4.78 is 0. The standard InChI is InChI=1S/C17H28N2O/c1-17(2,3)18-11-15-8-4-5-9-16(15)19-10-6-7-14(12-19)13-20/h4-5,8-9,14,18,20H,6-7,10-13H2,1-3H3. The van der Waals surface area contributed by atoms with Gasteiger partial charge in [-0.3, -0.25) is 0 Å². The number of piperidine rings is 1. The number of nitrogens with one attached hydrogen (secondary N) is 1. The number of benzene rings is 1. The van der Waals surface area contributed by atoms with Crippen LogP contribution in [0.5, 0.6) is 0 Å². The van der Waals surface area contributed by atoms with Gasteiger partial charge in [0.25, 0.3) is 0 Å². The Hall–Kier alpha value is -1.06. The highest BCUT2D eigenvalue weighted by Crippen LogP contribution is 2.26.